The average Bonchev–Trinajstić information content (AvgIpc) is 2.38. The molecule has 6 nitrogen and oxygen atoms in total. The van der Waals surface area contributed by atoms with Gasteiger partial charge in [-0.3, -0.25) is 4.79 Å². The van der Waals surface area contributed by atoms with Gasteiger partial charge in [0, 0.05) is 6.54 Å². The van der Waals surface area contributed by atoms with Crippen molar-refractivity contribution in [1.82, 2.24) is 4.31 Å². The molecule has 0 aliphatic carbocycles. The minimum absolute atomic E-state index is 0.166. The van der Waals surface area contributed by atoms with E-state index in [0.717, 1.165) is 10.7 Å². The molecule has 0 aromatic carbocycles. The fourth-order valence-corrected chi connectivity index (χ4v) is 4.22. The molecular weight excluding hydrogens is 268 g/mol. The second-order valence-electron chi connectivity index (χ2n) is 4.83. The van der Waals surface area contributed by atoms with Crippen LogP contribution in [0.1, 0.15) is 39.5 Å². The van der Waals surface area contributed by atoms with Gasteiger partial charge in [-0.05, 0) is 25.2 Å². The molecule has 1 saturated heterocycles. The monoisotopic (exact) mass is 288 g/mol. The topological polar surface area (TPSA) is 98.5 Å². The minimum Gasteiger partial charge on any atom is -0.480 e. The number of carboxylic acids is 1. The molecule has 0 bridgehead atoms. The highest BCUT2D eigenvalue weighted by Crippen LogP contribution is 2.29. The van der Waals surface area contributed by atoms with E-state index in [0.29, 0.717) is 12.8 Å². The van der Waals surface area contributed by atoms with Crippen LogP contribution in [0.25, 0.3) is 0 Å². The predicted octanol–water partition coefficient (Wildman–Crippen LogP) is 1.19. The van der Waals surface area contributed by atoms with Gasteiger partial charge in [0.1, 0.15) is 6.04 Å². The smallest absolute Gasteiger partial charge is 0.322 e. The molecule has 1 rings (SSSR count). The van der Waals surface area contributed by atoms with E-state index in [1.807, 2.05) is 6.92 Å². The van der Waals surface area contributed by atoms with Crippen molar-refractivity contribution in [3.05, 3.63) is 0 Å². The summed E-state index contributed by atoms with van der Waals surface area (Å²) < 4.78 is 25.6. The van der Waals surface area contributed by atoms with Crippen molar-refractivity contribution in [2.75, 3.05) is 6.54 Å². The number of rotatable bonds is 5. The van der Waals surface area contributed by atoms with E-state index in [1.165, 1.54) is 0 Å². The van der Waals surface area contributed by atoms with Crippen molar-refractivity contribution < 1.29 is 18.3 Å². The van der Waals surface area contributed by atoms with E-state index in [9.17, 15) is 18.3 Å². The van der Waals surface area contributed by atoms with Gasteiger partial charge in [0.2, 0.25) is 10.0 Å². The van der Waals surface area contributed by atoms with Gasteiger partial charge in [0.15, 0.2) is 5.25 Å². The first-order valence-corrected chi connectivity index (χ1v) is 8.01. The van der Waals surface area contributed by atoms with Crippen LogP contribution in [0.2, 0.25) is 0 Å². The number of nitriles is 1. The molecule has 108 valence electrons. The molecule has 0 saturated carbocycles. The largest absolute Gasteiger partial charge is 0.480 e. The maximum Gasteiger partial charge on any atom is 0.322 e. The number of hydrogen-bond donors (Lipinski definition) is 1. The van der Waals surface area contributed by atoms with E-state index >= 15 is 0 Å². The average molecular weight is 288 g/mol. The lowest BCUT2D eigenvalue weighted by Gasteiger charge is -2.36. The molecule has 0 radical (unpaired) electrons. The van der Waals surface area contributed by atoms with Crippen LogP contribution in [-0.4, -0.2) is 41.6 Å². The molecule has 1 aliphatic heterocycles. The summed E-state index contributed by atoms with van der Waals surface area (Å²) >= 11 is 0. The molecule has 3 unspecified atom stereocenters. The second kappa shape index (κ2) is 6.35. The van der Waals surface area contributed by atoms with Gasteiger partial charge in [0.05, 0.1) is 6.07 Å². The predicted molar refractivity (Wildman–Crippen MR) is 69.8 cm³/mol. The lowest BCUT2D eigenvalue weighted by molar-refractivity contribution is -0.143. The van der Waals surface area contributed by atoms with Crippen LogP contribution < -0.4 is 0 Å². The summed E-state index contributed by atoms with van der Waals surface area (Å²) in [4.78, 5) is 11.3. The summed E-state index contributed by atoms with van der Waals surface area (Å²) in [5, 5.41) is 17.0. The van der Waals surface area contributed by atoms with E-state index < -0.39 is 27.3 Å². The summed E-state index contributed by atoms with van der Waals surface area (Å²) in [6, 6.07) is 0.715. The van der Waals surface area contributed by atoms with Gasteiger partial charge in [-0.15, -0.1) is 0 Å². The quantitative estimate of drug-likeness (QED) is 0.819. The molecule has 1 fully saturated rings. The Morgan fingerprint density at radius 3 is 2.58 bits per heavy atom. The Hall–Kier alpha value is -1.13. The SMILES string of the molecule is CCC1CCN(S(=O)(=O)C(C#N)CC)C(C(=O)O)C1. The molecule has 7 heteroatoms. The van der Waals surface area contributed by atoms with Crippen LogP contribution in [0.5, 0.6) is 0 Å². The zero-order valence-corrected chi connectivity index (χ0v) is 12.1. The number of carboxylic acid groups (broad SMARTS) is 1. The highest BCUT2D eigenvalue weighted by atomic mass is 32.2. The van der Waals surface area contributed by atoms with Crippen molar-refractivity contribution >= 4 is 16.0 Å². The summed E-state index contributed by atoms with van der Waals surface area (Å²) in [6.07, 6.45) is 1.99. The second-order valence-corrected chi connectivity index (χ2v) is 6.90. The Kier molecular flexibility index (Phi) is 5.32. The van der Waals surface area contributed by atoms with Gasteiger partial charge < -0.3 is 5.11 Å². The molecular formula is C12H20N2O4S. The van der Waals surface area contributed by atoms with Crippen LogP contribution in [0, 0.1) is 17.2 Å². The van der Waals surface area contributed by atoms with Crippen LogP contribution in [0.15, 0.2) is 0 Å². The molecule has 19 heavy (non-hydrogen) atoms. The third kappa shape index (κ3) is 3.25. The summed E-state index contributed by atoms with van der Waals surface area (Å²) in [5.74, 6) is -0.899. The molecule has 1 heterocycles. The number of sulfonamides is 1. The molecule has 0 aromatic rings. The number of carbonyl (C=O) groups is 1. The Balaban J connectivity index is 3.04. The van der Waals surface area contributed by atoms with Crippen molar-refractivity contribution in [2.24, 2.45) is 5.92 Å². The van der Waals surface area contributed by atoms with Crippen LogP contribution >= 0.6 is 0 Å². The van der Waals surface area contributed by atoms with E-state index in [-0.39, 0.29) is 18.9 Å². The first-order chi connectivity index (χ1) is 8.88. The molecule has 0 spiro atoms. The first kappa shape index (κ1) is 15.9. The molecule has 0 amide bonds. The number of hydrogen-bond acceptors (Lipinski definition) is 4. The maximum absolute atomic E-state index is 12.3. The summed E-state index contributed by atoms with van der Waals surface area (Å²) in [6.45, 7) is 3.77. The van der Waals surface area contributed by atoms with Crippen molar-refractivity contribution in [2.45, 2.75) is 50.8 Å². The molecule has 1 N–H and O–H groups in total. The first-order valence-electron chi connectivity index (χ1n) is 6.51. The van der Waals surface area contributed by atoms with E-state index in [2.05, 4.69) is 0 Å². The van der Waals surface area contributed by atoms with Gasteiger partial charge in [-0.2, -0.15) is 9.57 Å². The van der Waals surface area contributed by atoms with Crippen LogP contribution in [0.4, 0.5) is 0 Å². The molecule has 0 aromatic heterocycles. The molecule has 3 atom stereocenters. The zero-order chi connectivity index (χ0) is 14.6. The van der Waals surface area contributed by atoms with Crippen LogP contribution in [-0.2, 0) is 14.8 Å². The van der Waals surface area contributed by atoms with E-state index in [4.69, 9.17) is 5.26 Å². The lowest BCUT2D eigenvalue weighted by atomic mass is 9.90. The Bertz CT molecular complexity index is 469. The standard InChI is InChI=1S/C12H20N2O4S/c1-3-9-5-6-14(11(7-9)12(15)16)19(17,18)10(4-2)8-13/h9-11H,3-7H2,1-2H3,(H,15,16). The Labute approximate surface area is 114 Å². The van der Waals surface area contributed by atoms with Crippen LogP contribution in [0.3, 0.4) is 0 Å². The van der Waals surface area contributed by atoms with Crippen molar-refractivity contribution in [3.8, 4) is 6.07 Å². The fourth-order valence-electron chi connectivity index (χ4n) is 2.45. The molecule has 1 aliphatic rings. The number of aliphatic carboxylic acids is 1. The highest BCUT2D eigenvalue weighted by molar-refractivity contribution is 7.90. The zero-order valence-electron chi connectivity index (χ0n) is 11.2. The fraction of sp³-hybridized carbons (Fsp3) is 0.833. The number of nitrogens with zero attached hydrogens (tertiary/aromatic N) is 2. The van der Waals surface area contributed by atoms with Gasteiger partial charge in [-0.1, -0.05) is 20.3 Å². The van der Waals surface area contributed by atoms with E-state index in [1.54, 1.807) is 13.0 Å². The van der Waals surface area contributed by atoms with Gasteiger partial charge >= 0.3 is 5.97 Å². The lowest BCUT2D eigenvalue weighted by Crippen LogP contribution is -2.52. The normalized spacial score (nSPS) is 26.6. The third-order valence-electron chi connectivity index (χ3n) is 3.73. The van der Waals surface area contributed by atoms with Gasteiger partial charge in [-0.25, -0.2) is 8.42 Å². The number of piperidine rings is 1. The Morgan fingerprint density at radius 2 is 2.16 bits per heavy atom. The minimum atomic E-state index is -3.86. The van der Waals surface area contributed by atoms with Crippen molar-refractivity contribution in [3.63, 3.8) is 0 Å². The van der Waals surface area contributed by atoms with Crippen molar-refractivity contribution in [1.29, 1.82) is 5.26 Å². The highest BCUT2D eigenvalue weighted by Gasteiger charge is 2.42. The maximum atomic E-state index is 12.3. The summed E-state index contributed by atoms with van der Waals surface area (Å²) in [7, 11) is -3.86. The third-order valence-corrected chi connectivity index (χ3v) is 5.97. The van der Waals surface area contributed by atoms with Gasteiger partial charge in [0.25, 0.3) is 0 Å². The summed E-state index contributed by atoms with van der Waals surface area (Å²) in [5.41, 5.74) is 0. The Morgan fingerprint density at radius 1 is 1.53 bits per heavy atom.